The number of pyridine rings is 1. The van der Waals surface area contributed by atoms with Gasteiger partial charge in [-0.05, 0) is 17.8 Å². The number of hydrogen-bond donors (Lipinski definition) is 1. The normalized spacial score (nSPS) is 14.6. The number of fused-ring (bicyclic) bond motifs is 1. The number of ether oxygens (including phenoxy) is 1. The monoisotopic (exact) mass is 274 g/mol. The zero-order chi connectivity index (χ0) is 15.0. The van der Waals surface area contributed by atoms with Gasteiger partial charge < -0.3 is 10.1 Å². The van der Waals surface area contributed by atoms with Crippen LogP contribution in [0.3, 0.4) is 0 Å². The van der Waals surface area contributed by atoms with Crippen LogP contribution < -0.4 is 10.1 Å². The lowest BCUT2D eigenvalue weighted by atomic mass is 9.91. The van der Waals surface area contributed by atoms with Crippen molar-refractivity contribution in [3.8, 4) is 5.75 Å². The molecule has 1 aliphatic rings. The quantitative estimate of drug-likeness (QED) is 0.862. The van der Waals surface area contributed by atoms with Gasteiger partial charge in [0.2, 0.25) is 0 Å². The largest absolute Gasteiger partial charge is 0.485 e. The third kappa shape index (κ3) is 2.54. The van der Waals surface area contributed by atoms with Crippen molar-refractivity contribution in [3.05, 3.63) is 29.2 Å². The van der Waals surface area contributed by atoms with E-state index in [4.69, 9.17) is 9.72 Å². The molecule has 1 aromatic rings. The summed E-state index contributed by atoms with van der Waals surface area (Å²) >= 11 is 0. The molecule has 0 saturated heterocycles. The Morgan fingerprint density at radius 1 is 1.00 bits per heavy atom. The van der Waals surface area contributed by atoms with E-state index in [-0.39, 0.29) is 0 Å². The smallest absolute Gasteiger partial charge is 0.150 e. The van der Waals surface area contributed by atoms with Crippen LogP contribution in [-0.2, 0) is 0 Å². The standard InChI is InChI=1S/C17H26N2O/c1-9(2)13-14(10(3)4)19-15(11(5)6)16-17(13)20-8-12(7)18-16/h9-11,18H,7-8H2,1-6H3. The van der Waals surface area contributed by atoms with Crippen molar-refractivity contribution in [2.24, 2.45) is 0 Å². The molecule has 20 heavy (non-hydrogen) atoms. The van der Waals surface area contributed by atoms with Crippen LogP contribution in [0.15, 0.2) is 12.3 Å². The second kappa shape index (κ2) is 5.47. The van der Waals surface area contributed by atoms with Gasteiger partial charge in [-0.25, -0.2) is 0 Å². The molecule has 2 heterocycles. The highest BCUT2D eigenvalue weighted by Crippen LogP contribution is 2.44. The van der Waals surface area contributed by atoms with E-state index in [2.05, 4.69) is 53.4 Å². The minimum atomic E-state index is 0.351. The SMILES string of the molecule is C=C1COc2c(c(C(C)C)nc(C(C)C)c2C(C)C)N1. The molecule has 0 aromatic carbocycles. The van der Waals surface area contributed by atoms with Gasteiger partial charge in [0.25, 0.3) is 0 Å². The zero-order valence-electron chi connectivity index (χ0n) is 13.5. The lowest BCUT2D eigenvalue weighted by Gasteiger charge is -2.30. The fraction of sp³-hybridized carbons (Fsp3) is 0.588. The fourth-order valence-electron chi connectivity index (χ4n) is 2.67. The average molecular weight is 274 g/mol. The predicted octanol–water partition coefficient (Wildman–Crippen LogP) is 4.77. The van der Waals surface area contributed by atoms with Crippen LogP contribution in [0.2, 0.25) is 0 Å². The van der Waals surface area contributed by atoms with Crippen molar-refractivity contribution in [1.82, 2.24) is 4.98 Å². The molecule has 1 N–H and O–H groups in total. The molecule has 1 aliphatic heterocycles. The number of hydrogen-bond acceptors (Lipinski definition) is 3. The number of aromatic nitrogens is 1. The molecule has 0 spiro atoms. The summed E-state index contributed by atoms with van der Waals surface area (Å²) in [5.41, 5.74) is 5.39. The zero-order valence-corrected chi connectivity index (χ0v) is 13.5. The van der Waals surface area contributed by atoms with Crippen LogP contribution >= 0.6 is 0 Å². The molecule has 0 amide bonds. The van der Waals surface area contributed by atoms with Gasteiger partial charge >= 0.3 is 0 Å². The molecule has 0 atom stereocenters. The van der Waals surface area contributed by atoms with Crippen LogP contribution in [0.25, 0.3) is 0 Å². The molecule has 3 nitrogen and oxygen atoms in total. The maximum atomic E-state index is 6.01. The molecule has 0 bridgehead atoms. The van der Waals surface area contributed by atoms with E-state index in [1.165, 1.54) is 5.56 Å². The van der Waals surface area contributed by atoms with E-state index in [1.54, 1.807) is 0 Å². The molecular formula is C17H26N2O. The molecule has 1 aromatic heterocycles. The highest BCUT2D eigenvalue weighted by Gasteiger charge is 2.28. The number of rotatable bonds is 3. The van der Waals surface area contributed by atoms with Gasteiger partial charge in [-0.1, -0.05) is 48.1 Å². The first-order valence-corrected chi connectivity index (χ1v) is 7.48. The molecule has 0 fully saturated rings. The maximum Gasteiger partial charge on any atom is 0.150 e. The topological polar surface area (TPSA) is 34.1 Å². The third-order valence-corrected chi connectivity index (χ3v) is 3.61. The summed E-state index contributed by atoms with van der Waals surface area (Å²) in [5.74, 6) is 2.12. The van der Waals surface area contributed by atoms with Crippen molar-refractivity contribution >= 4 is 5.69 Å². The molecule has 2 rings (SSSR count). The Balaban J connectivity index is 2.74. The lowest BCUT2D eigenvalue weighted by molar-refractivity contribution is 0.338. The Kier molecular flexibility index (Phi) is 4.07. The van der Waals surface area contributed by atoms with Crippen LogP contribution in [0.5, 0.6) is 5.75 Å². The highest BCUT2D eigenvalue weighted by molar-refractivity contribution is 5.69. The van der Waals surface area contributed by atoms with Crippen molar-refractivity contribution in [1.29, 1.82) is 0 Å². The van der Waals surface area contributed by atoms with E-state index < -0.39 is 0 Å². The molecule has 0 unspecified atom stereocenters. The Labute approximate surface area is 122 Å². The fourth-order valence-corrected chi connectivity index (χ4v) is 2.67. The molecule has 3 heteroatoms. The van der Waals surface area contributed by atoms with Gasteiger partial charge in [0, 0.05) is 11.3 Å². The van der Waals surface area contributed by atoms with Gasteiger partial charge in [0.05, 0.1) is 11.4 Å². The summed E-state index contributed by atoms with van der Waals surface area (Å²) in [6.45, 7) is 17.6. The van der Waals surface area contributed by atoms with Gasteiger partial charge in [0.1, 0.15) is 12.3 Å². The Morgan fingerprint density at radius 3 is 2.10 bits per heavy atom. The van der Waals surface area contributed by atoms with Gasteiger partial charge in [-0.15, -0.1) is 0 Å². The minimum Gasteiger partial charge on any atom is -0.485 e. The van der Waals surface area contributed by atoms with Crippen LogP contribution in [0.4, 0.5) is 5.69 Å². The van der Waals surface area contributed by atoms with Gasteiger partial charge in [0.15, 0.2) is 5.75 Å². The molecular weight excluding hydrogens is 248 g/mol. The number of nitrogens with one attached hydrogen (secondary N) is 1. The molecule has 0 saturated carbocycles. The summed E-state index contributed by atoms with van der Waals surface area (Å²) in [6, 6.07) is 0. The molecule has 0 aliphatic carbocycles. The van der Waals surface area contributed by atoms with Crippen molar-refractivity contribution < 1.29 is 4.74 Å². The summed E-state index contributed by atoms with van der Waals surface area (Å²) in [4.78, 5) is 4.96. The summed E-state index contributed by atoms with van der Waals surface area (Å²) in [7, 11) is 0. The van der Waals surface area contributed by atoms with Gasteiger partial charge in [-0.3, -0.25) is 4.98 Å². The Morgan fingerprint density at radius 2 is 1.60 bits per heavy atom. The van der Waals surface area contributed by atoms with Crippen LogP contribution in [0, 0.1) is 0 Å². The van der Waals surface area contributed by atoms with Crippen LogP contribution in [0.1, 0.15) is 76.2 Å². The summed E-state index contributed by atoms with van der Waals surface area (Å²) in [5, 5.41) is 3.39. The van der Waals surface area contributed by atoms with E-state index in [9.17, 15) is 0 Å². The maximum absolute atomic E-state index is 6.01. The number of anilines is 1. The van der Waals surface area contributed by atoms with Crippen molar-refractivity contribution in [3.63, 3.8) is 0 Å². The number of nitrogens with zero attached hydrogens (tertiary/aromatic N) is 1. The first kappa shape index (κ1) is 14.9. The third-order valence-electron chi connectivity index (χ3n) is 3.61. The predicted molar refractivity (Wildman–Crippen MR) is 84.8 cm³/mol. The Hall–Kier alpha value is -1.51. The average Bonchev–Trinajstić information content (AvgIpc) is 2.35. The summed E-state index contributed by atoms with van der Waals surface area (Å²) < 4.78 is 6.01. The molecule has 0 radical (unpaired) electrons. The van der Waals surface area contributed by atoms with Crippen molar-refractivity contribution in [2.45, 2.75) is 59.3 Å². The Bertz CT molecular complexity index is 530. The first-order valence-electron chi connectivity index (χ1n) is 7.48. The van der Waals surface area contributed by atoms with Crippen LogP contribution in [-0.4, -0.2) is 11.6 Å². The first-order chi connectivity index (χ1) is 9.32. The van der Waals surface area contributed by atoms with E-state index >= 15 is 0 Å². The van der Waals surface area contributed by atoms with E-state index in [0.29, 0.717) is 24.4 Å². The highest BCUT2D eigenvalue weighted by atomic mass is 16.5. The van der Waals surface area contributed by atoms with Crippen molar-refractivity contribution in [2.75, 3.05) is 11.9 Å². The minimum absolute atomic E-state index is 0.351. The lowest BCUT2D eigenvalue weighted by Crippen LogP contribution is -2.21. The summed E-state index contributed by atoms with van der Waals surface area (Å²) in [6.07, 6.45) is 0. The van der Waals surface area contributed by atoms with E-state index in [1.807, 2.05) is 0 Å². The second-order valence-electron chi connectivity index (χ2n) is 6.48. The second-order valence-corrected chi connectivity index (χ2v) is 6.48. The molecule has 110 valence electrons. The van der Waals surface area contributed by atoms with E-state index in [0.717, 1.165) is 28.5 Å². The van der Waals surface area contributed by atoms with Gasteiger partial charge in [-0.2, -0.15) is 0 Å².